The van der Waals surface area contributed by atoms with Crippen LogP contribution in [0, 0.1) is 5.82 Å². The molecule has 1 saturated heterocycles. The van der Waals surface area contributed by atoms with Gasteiger partial charge >= 0.3 is 0 Å². The average Bonchev–Trinajstić information content (AvgIpc) is 2.63. The molecule has 27 heavy (non-hydrogen) atoms. The minimum atomic E-state index is -0.221. The zero-order valence-electron chi connectivity index (χ0n) is 15.0. The van der Waals surface area contributed by atoms with Crippen molar-refractivity contribution in [1.29, 1.82) is 0 Å². The summed E-state index contributed by atoms with van der Waals surface area (Å²) in [5.74, 6) is -0.215. The van der Waals surface area contributed by atoms with Gasteiger partial charge in [0.25, 0.3) is 0 Å². The standard InChI is InChI=1S/C21H21BrClFN2O/c1-15-13-25(14-16-2-7-19(24)8-3-16)10-11-26(15)21(27)9-5-17-4-6-18(23)12-20(17)22/h2-9,12,15H,10-11,13-14H2,1H3/b9-5+. The predicted octanol–water partition coefficient (Wildman–Crippen LogP) is 4.99. The Bertz CT molecular complexity index is 841. The minimum Gasteiger partial charge on any atom is -0.334 e. The molecule has 1 atom stereocenters. The Labute approximate surface area is 172 Å². The molecule has 0 saturated carbocycles. The first-order valence-electron chi connectivity index (χ1n) is 8.83. The van der Waals surface area contributed by atoms with Crippen LogP contribution in [0.2, 0.25) is 5.02 Å². The van der Waals surface area contributed by atoms with Crippen LogP contribution in [-0.2, 0) is 11.3 Å². The highest BCUT2D eigenvalue weighted by molar-refractivity contribution is 9.10. The van der Waals surface area contributed by atoms with E-state index >= 15 is 0 Å². The van der Waals surface area contributed by atoms with Gasteiger partial charge < -0.3 is 4.90 Å². The fraction of sp³-hybridized carbons (Fsp3) is 0.286. The van der Waals surface area contributed by atoms with E-state index in [1.54, 1.807) is 18.2 Å². The van der Waals surface area contributed by atoms with Crippen LogP contribution >= 0.6 is 27.5 Å². The first-order valence-corrected chi connectivity index (χ1v) is 10.00. The number of hydrogen-bond donors (Lipinski definition) is 0. The van der Waals surface area contributed by atoms with Crippen molar-refractivity contribution in [2.24, 2.45) is 0 Å². The maximum Gasteiger partial charge on any atom is 0.246 e. The maximum atomic E-state index is 13.0. The molecule has 0 spiro atoms. The number of halogens is 3. The number of piperazine rings is 1. The van der Waals surface area contributed by atoms with E-state index < -0.39 is 0 Å². The van der Waals surface area contributed by atoms with Gasteiger partial charge in [0, 0.05) is 47.8 Å². The van der Waals surface area contributed by atoms with Crippen LogP contribution in [0.4, 0.5) is 4.39 Å². The van der Waals surface area contributed by atoms with Crippen molar-refractivity contribution in [2.45, 2.75) is 19.5 Å². The van der Waals surface area contributed by atoms with Crippen LogP contribution in [0.1, 0.15) is 18.1 Å². The van der Waals surface area contributed by atoms with Crippen LogP contribution < -0.4 is 0 Å². The molecule has 6 heteroatoms. The molecule has 0 radical (unpaired) electrons. The molecule has 142 valence electrons. The van der Waals surface area contributed by atoms with Crippen molar-refractivity contribution in [3.63, 3.8) is 0 Å². The third-order valence-corrected chi connectivity index (χ3v) is 5.60. The minimum absolute atomic E-state index is 0.00535. The molecule has 3 rings (SSSR count). The Morgan fingerprint density at radius 1 is 1.26 bits per heavy atom. The van der Waals surface area contributed by atoms with Crippen LogP contribution in [0.5, 0.6) is 0 Å². The number of rotatable bonds is 4. The number of carbonyl (C=O) groups is 1. The fourth-order valence-electron chi connectivity index (χ4n) is 3.25. The summed E-state index contributed by atoms with van der Waals surface area (Å²) >= 11 is 9.41. The topological polar surface area (TPSA) is 23.6 Å². The second-order valence-corrected chi connectivity index (χ2v) is 8.03. The van der Waals surface area contributed by atoms with E-state index in [0.29, 0.717) is 11.6 Å². The monoisotopic (exact) mass is 450 g/mol. The highest BCUT2D eigenvalue weighted by Crippen LogP contribution is 2.23. The molecule has 3 nitrogen and oxygen atoms in total. The molecule has 1 heterocycles. The van der Waals surface area contributed by atoms with E-state index in [1.165, 1.54) is 12.1 Å². The van der Waals surface area contributed by atoms with Gasteiger partial charge in [0.2, 0.25) is 5.91 Å². The van der Waals surface area contributed by atoms with Gasteiger partial charge in [0.15, 0.2) is 0 Å². The summed E-state index contributed by atoms with van der Waals surface area (Å²) in [5, 5.41) is 0.649. The Morgan fingerprint density at radius 3 is 2.67 bits per heavy atom. The second-order valence-electron chi connectivity index (χ2n) is 6.74. The Morgan fingerprint density at radius 2 is 2.00 bits per heavy atom. The maximum absolute atomic E-state index is 13.0. The molecule has 1 aliphatic heterocycles. The van der Waals surface area contributed by atoms with Crippen molar-refractivity contribution in [2.75, 3.05) is 19.6 Å². The highest BCUT2D eigenvalue weighted by atomic mass is 79.9. The van der Waals surface area contributed by atoms with Gasteiger partial charge in [-0.1, -0.05) is 45.7 Å². The second kappa shape index (κ2) is 9.00. The van der Waals surface area contributed by atoms with Gasteiger partial charge in [0.05, 0.1) is 0 Å². The smallest absolute Gasteiger partial charge is 0.246 e. The number of hydrogen-bond acceptors (Lipinski definition) is 2. The predicted molar refractivity (Wildman–Crippen MR) is 111 cm³/mol. The van der Waals surface area contributed by atoms with Crippen molar-refractivity contribution in [1.82, 2.24) is 9.80 Å². The summed E-state index contributed by atoms with van der Waals surface area (Å²) in [5.41, 5.74) is 1.99. The van der Waals surface area contributed by atoms with Crippen molar-refractivity contribution >= 4 is 39.5 Å². The molecule has 1 unspecified atom stereocenters. The third kappa shape index (κ3) is 5.41. The van der Waals surface area contributed by atoms with Crippen LogP contribution in [0.15, 0.2) is 53.0 Å². The van der Waals surface area contributed by atoms with Gasteiger partial charge in [-0.25, -0.2) is 4.39 Å². The molecule has 0 N–H and O–H groups in total. The SMILES string of the molecule is CC1CN(Cc2ccc(F)cc2)CCN1C(=O)/C=C/c1ccc(Cl)cc1Br. The van der Waals surface area contributed by atoms with E-state index in [4.69, 9.17) is 11.6 Å². The van der Waals surface area contributed by atoms with E-state index in [-0.39, 0.29) is 17.8 Å². The third-order valence-electron chi connectivity index (χ3n) is 4.68. The van der Waals surface area contributed by atoms with Crippen LogP contribution in [-0.4, -0.2) is 41.4 Å². The molecule has 1 fully saturated rings. The Balaban J connectivity index is 1.57. The quantitative estimate of drug-likeness (QED) is 0.612. The first kappa shape index (κ1) is 20.1. The summed E-state index contributed by atoms with van der Waals surface area (Å²) in [6.07, 6.45) is 3.42. The van der Waals surface area contributed by atoms with Gasteiger partial charge in [0.1, 0.15) is 5.82 Å². The molecule has 2 aromatic carbocycles. The fourth-order valence-corrected chi connectivity index (χ4v) is 4.06. The van der Waals surface area contributed by atoms with Crippen molar-refractivity contribution in [3.8, 4) is 0 Å². The van der Waals surface area contributed by atoms with Gasteiger partial charge in [-0.2, -0.15) is 0 Å². The first-order chi connectivity index (χ1) is 12.9. The summed E-state index contributed by atoms with van der Waals surface area (Å²) in [6.45, 7) is 5.09. The lowest BCUT2D eigenvalue weighted by Gasteiger charge is -2.39. The Kier molecular flexibility index (Phi) is 6.68. The highest BCUT2D eigenvalue weighted by Gasteiger charge is 2.26. The van der Waals surface area contributed by atoms with E-state index in [1.807, 2.05) is 29.2 Å². The zero-order valence-corrected chi connectivity index (χ0v) is 17.4. The van der Waals surface area contributed by atoms with Crippen molar-refractivity contribution in [3.05, 3.63) is 75.0 Å². The van der Waals surface area contributed by atoms with Crippen LogP contribution in [0.25, 0.3) is 6.08 Å². The number of benzene rings is 2. The number of nitrogens with zero attached hydrogens (tertiary/aromatic N) is 2. The molecular weight excluding hydrogens is 431 g/mol. The lowest BCUT2D eigenvalue weighted by molar-refractivity contribution is -0.130. The van der Waals surface area contributed by atoms with Gasteiger partial charge in [-0.15, -0.1) is 0 Å². The summed E-state index contributed by atoms with van der Waals surface area (Å²) in [7, 11) is 0. The lowest BCUT2D eigenvalue weighted by atomic mass is 10.1. The van der Waals surface area contributed by atoms with Crippen LogP contribution in [0.3, 0.4) is 0 Å². The average molecular weight is 452 g/mol. The molecule has 0 bridgehead atoms. The molecule has 1 amide bonds. The van der Waals surface area contributed by atoms with Crippen molar-refractivity contribution < 1.29 is 9.18 Å². The molecular formula is C21H21BrClFN2O. The zero-order chi connectivity index (χ0) is 19.4. The molecule has 0 aliphatic carbocycles. The summed E-state index contributed by atoms with van der Waals surface area (Å²) < 4.78 is 13.9. The van der Waals surface area contributed by atoms with E-state index in [2.05, 4.69) is 27.8 Å². The molecule has 1 aliphatic rings. The van der Waals surface area contributed by atoms with E-state index in [9.17, 15) is 9.18 Å². The van der Waals surface area contributed by atoms with Gasteiger partial charge in [-0.3, -0.25) is 9.69 Å². The summed E-state index contributed by atoms with van der Waals surface area (Å²) in [6, 6.07) is 12.2. The van der Waals surface area contributed by atoms with E-state index in [0.717, 1.165) is 35.2 Å². The van der Waals surface area contributed by atoms with Gasteiger partial charge in [-0.05, 0) is 48.4 Å². The molecule has 0 aromatic heterocycles. The lowest BCUT2D eigenvalue weighted by Crippen LogP contribution is -2.53. The number of amides is 1. The molecule has 2 aromatic rings. The summed E-state index contributed by atoms with van der Waals surface area (Å²) in [4.78, 5) is 16.8. The Hall–Kier alpha value is -1.69. The number of carbonyl (C=O) groups excluding carboxylic acids is 1. The largest absolute Gasteiger partial charge is 0.334 e. The normalized spacial score (nSPS) is 18.2.